The van der Waals surface area contributed by atoms with Gasteiger partial charge in [0.05, 0.1) is 5.69 Å². The summed E-state index contributed by atoms with van der Waals surface area (Å²) in [5.74, 6) is -0.348. The summed E-state index contributed by atoms with van der Waals surface area (Å²) in [4.78, 5) is 10.9. The van der Waals surface area contributed by atoms with Gasteiger partial charge in [0.2, 0.25) is 0 Å². The number of hydrogen-bond acceptors (Lipinski definition) is 2. The lowest BCUT2D eigenvalue weighted by Crippen LogP contribution is -1.97. The Morgan fingerprint density at radius 1 is 1.14 bits per heavy atom. The van der Waals surface area contributed by atoms with Crippen molar-refractivity contribution in [1.29, 1.82) is 0 Å². The number of benzene rings is 1. The highest BCUT2D eigenvalue weighted by Gasteiger charge is 2.16. The van der Waals surface area contributed by atoms with E-state index >= 15 is 0 Å². The Balaban J connectivity index is 1.86. The van der Waals surface area contributed by atoms with Crippen LogP contribution in [-0.2, 0) is 0 Å². The average Bonchev–Trinajstić information content (AvgIpc) is 2.84. The van der Waals surface area contributed by atoms with Crippen LogP contribution in [0.15, 0.2) is 30.3 Å². The lowest BCUT2D eigenvalue weighted by molar-refractivity contribution is 0.0690. The number of aromatic amines is 1. The van der Waals surface area contributed by atoms with Crippen LogP contribution in [0.25, 0.3) is 11.3 Å². The highest BCUT2D eigenvalue weighted by atomic mass is 16.4. The van der Waals surface area contributed by atoms with Gasteiger partial charge in [-0.25, -0.2) is 4.79 Å². The molecule has 1 heterocycles. The molecule has 0 atom stereocenters. The molecule has 0 unspecified atom stereocenters. The van der Waals surface area contributed by atoms with E-state index in [0.29, 0.717) is 11.6 Å². The van der Waals surface area contributed by atoms with E-state index in [1.807, 2.05) is 12.1 Å². The maximum Gasteiger partial charge on any atom is 0.353 e. The van der Waals surface area contributed by atoms with E-state index in [1.54, 1.807) is 6.07 Å². The monoisotopic (exact) mass is 284 g/mol. The van der Waals surface area contributed by atoms with Gasteiger partial charge in [0.15, 0.2) is 0 Å². The van der Waals surface area contributed by atoms with E-state index in [4.69, 9.17) is 5.11 Å². The quantitative estimate of drug-likeness (QED) is 0.830. The van der Waals surface area contributed by atoms with Gasteiger partial charge in [-0.1, -0.05) is 43.9 Å². The second-order valence-electron chi connectivity index (χ2n) is 5.79. The maximum atomic E-state index is 10.9. The predicted molar refractivity (Wildman–Crippen MR) is 81.4 cm³/mol. The first-order valence-corrected chi connectivity index (χ1v) is 7.63. The molecule has 1 saturated carbocycles. The van der Waals surface area contributed by atoms with Gasteiger partial charge in [-0.15, -0.1) is 0 Å². The van der Waals surface area contributed by atoms with Gasteiger partial charge >= 0.3 is 5.97 Å². The first kappa shape index (κ1) is 13.9. The van der Waals surface area contributed by atoms with Crippen LogP contribution in [0.3, 0.4) is 0 Å². The van der Waals surface area contributed by atoms with Gasteiger partial charge in [-0.3, -0.25) is 5.10 Å². The molecule has 1 aromatic carbocycles. The molecule has 1 fully saturated rings. The zero-order valence-electron chi connectivity index (χ0n) is 12.0. The van der Waals surface area contributed by atoms with Crippen LogP contribution in [0, 0.1) is 0 Å². The molecule has 1 aromatic heterocycles. The second-order valence-corrected chi connectivity index (χ2v) is 5.79. The van der Waals surface area contributed by atoms with Crippen LogP contribution in [-0.4, -0.2) is 21.3 Å². The molecule has 1 aliphatic carbocycles. The molecule has 3 rings (SSSR count). The summed E-state index contributed by atoms with van der Waals surface area (Å²) < 4.78 is 0. The minimum absolute atomic E-state index is 0.130. The zero-order chi connectivity index (χ0) is 14.7. The average molecular weight is 284 g/mol. The molecule has 4 nitrogen and oxygen atoms in total. The normalized spacial score (nSPS) is 16.6. The van der Waals surface area contributed by atoms with Crippen LogP contribution in [0.1, 0.15) is 60.5 Å². The Morgan fingerprint density at radius 2 is 1.90 bits per heavy atom. The highest BCUT2D eigenvalue weighted by molar-refractivity contribution is 5.86. The van der Waals surface area contributed by atoms with Crippen molar-refractivity contribution in [3.63, 3.8) is 0 Å². The molecule has 0 radical (unpaired) electrons. The Kier molecular flexibility index (Phi) is 4.04. The fraction of sp³-hybridized carbons (Fsp3) is 0.412. The summed E-state index contributed by atoms with van der Waals surface area (Å²) in [6.07, 6.45) is 7.81. The van der Waals surface area contributed by atoms with Crippen molar-refractivity contribution in [3.05, 3.63) is 41.6 Å². The smallest absolute Gasteiger partial charge is 0.353 e. The van der Waals surface area contributed by atoms with Crippen molar-refractivity contribution in [2.75, 3.05) is 0 Å². The number of carbonyl (C=O) groups is 1. The summed E-state index contributed by atoms with van der Waals surface area (Å²) in [7, 11) is 0. The standard InChI is InChI=1S/C17H20N2O2/c20-17(21)16-11-15(18-19-16)14-9-5-8-13(10-14)12-6-3-1-2-4-7-12/h5,8-12H,1-4,6-7H2,(H,18,19)(H,20,21). The summed E-state index contributed by atoms with van der Waals surface area (Å²) >= 11 is 0. The molecule has 21 heavy (non-hydrogen) atoms. The van der Waals surface area contributed by atoms with Crippen molar-refractivity contribution < 1.29 is 9.90 Å². The molecule has 2 aromatic rings. The minimum Gasteiger partial charge on any atom is -0.477 e. The third-order valence-electron chi connectivity index (χ3n) is 4.32. The minimum atomic E-state index is -0.978. The van der Waals surface area contributed by atoms with E-state index in [9.17, 15) is 4.79 Å². The molecular weight excluding hydrogens is 264 g/mol. The summed E-state index contributed by atoms with van der Waals surface area (Å²) in [6.45, 7) is 0. The lowest BCUT2D eigenvalue weighted by atomic mass is 9.90. The fourth-order valence-corrected chi connectivity index (χ4v) is 3.14. The van der Waals surface area contributed by atoms with E-state index in [1.165, 1.54) is 44.1 Å². The molecule has 0 bridgehead atoms. The first-order valence-electron chi connectivity index (χ1n) is 7.63. The molecule has 4 heteroatoms. The SMILES string of the molecule is O=C(O)c1cc(-c2cccc(C3CCCCCC3)c2)n[nH]1. The third kappa shape index (κ3) is 3.15. The summed E-state index contributed by atoms with van der Waals surface area (Å²) in [5.41, 5.74) is 3.17. The van der Waals surface area contributed by atoms with Crippen molar-refractivity contribution in [1.82, 2.24) is 10.2 Å². The Morgan fingerprint density at radius 3 is 2.57 bits per heavy atom. The molecule has 110 valence electrons. The fourth-order valence-electron chi connectivity index (χ4n) is 3.14. The summed E-state index contributed by atoms with van der Waals surface area (Å²) in [5, 5.41) is 15.6. The van der Waals surface area contributed by atoms with Crippen LogP contribution in [0.4, 0.5) is 0 Å². The number of carboxylic acids is 1. The largest absolute Gasteiger partial charge is 0.477 e. The van der Waals surface area contributed by atoms with Crippen molar-refractivity contribution in [2.24, 2.45) is 0 Å². The third-order valence-corrected chi connectivity index (χ3v) is 4.32. The number of H-pyrrole nitrogens is 1. The second kappa shape index (κ2) is 6.12. The Bertz CT molecular complexity index is 625. The van der Waals surface area contributed by atoms with Crippen LogP contribution < -0.4 is 0 Å². The molecular formula is C17H20N2O2. The molecule has 0 saturated heterocycles. The van der Waals surface area contributed by atoms with E-state index in [2.05, 4.69) is 22.3 Å². The first-order chi connectivity index (χ1) is 10.2. The van der Waals surface area contributed by atoms with E-state index < -0.39 is 5.97 Å². The Labute approximate surface area is 124 Å². The number of rotatable bonds is 3. The van der Waals surface area contributed by atoms with Crippen LogP contribution in [0.2, 0.25) is 0 Å². The maximum absolute atomic E-state index is 10.9. The van der Waals surface area contributed by atoms with Gasteiger partial charge in [0, 0.05) is 5.56 Å². The molecule has 1 aliphatic rings. The number of hydrogen-bond donors (Lipinski definition) is 2. The van der Waals surface area contributed by atoms with Gasteiger partial charge in [-0.05, 0) is 36.5 Å². The Hall–Kier alpha value is -2.10. The van der Waals surface area contributed by atoms with Gasteiger partial charge in [0.1, 0.15) is 5.69 Å². The highest BCUT2D eigenvalue weighted by Crippen LogP contribution is 2.33. The predicted octanol–water partition coefficient (Wildman–Crippen LogP) is 4.21. The number of carboxylic acid groups (broad SMARTS) is 1. The van der Waals surface area contributed by atoms with Crippen molar-refractivity contribution >= 4 is 5.97 Å². The number of nitrogens with one attached hydrogen (secondary N) is 1. The van der Waals surface area contributed by atoms with E-state index in [0.717, 1.165) is 5.56 Å². The van der Waals surface area contributed by atoms with E-state index in [-0.39, 0.29) is 5.69 Å². The van der Waals surface area contributed by atoms with Crippen molar-refractivity contribution in [2.45, 2.75) is 44.4 Å². The number of aromatic carboxylic acids is 1. The molecule has 0 aliphatic heterocycles. The number of nitrogens with zero attached hydrogens (tertiary/aromatic N) is 1. The zero-order valence-corrected chi connectivity index (χ0v) is 12.0. The molecule has 2 N–H and O–H groups in total. The van der Waals surface area contributed by atoms with Crippen LogP contribution in [0.5, 0.6) is 0 Å². The molecule has 0 amide bonds. The van der Waals surface area contributed by atoms with Gasteiger partial charge < -0.3 is 5.11 Å². The van der Waals surface area contributed by atoms with Gasteiger partial charge in [-0.2, -0.15) is 5.10 Å². The van der Waals surface area contributed by atoms with Crippen molar-refractivity contribution in [3.8, 4) is 11.3 Å². The van der Waals surface area contributed by atoms with Gasteiger partial charge in [0.25, 0.3) is 0 Å². The topological polar surface area (TPSA) is 66.0 Å². The van der Waals surface area contributed by atoms with Crippen LogP contribution >= 0.6 is 0 Å². The molecule has 0 spiro atoms. The lowest BCUT2D eigenvalue weighted by Gasteiger charge is -2.15. The summed E-state index contributed by atoms with van der Waals surface area (Å²) in [6, 6.07) is 9.98. The number of aromatic nitrogens is 2.